The van der Waals surface area contributed by atoms with Crippen molar-refractivity contribution in [2.45, 2.75) is 32.5 Å². The lowest BCUT2D eigenvalue weighted by Crippen LogP contribution is -2.25. The lowest BCUT2D eigenvalue weighted by molar-refractivity contribution is 0.235. The van der Waals surface area contributed by atoms with Crippen LogP contribution in [0.3, 0.4) is 0 Å². The molecule has 1 aliphatic rings. The second kappa shape index (κ2) is 6.24. The molecule has 112 valence electrons. The Bertz CT molecular complexity index is 595. The highest BCUT2D eigenvalue weighted by Gasteiger charge is 2.25. The van der Waals surface area contributed by atoms with Gasteiger partial charge in [-0.25, -0.2) is 0 Å². The Morgan fingerprint density at radius 2 is 2.19 bits per heavy atom. The van der Waals surface area contributed by atoms with Gasteiger partial charge in [-0.3, -0.25) is 4.90 Å². The zero-order valence-corrected chi connectivity index (χ0v) is 11.9. The molecule has 1 heterocycles. The van der Waals surface area contributed by atoms with Crippen molar-refractivity contribution in [2.75, 3.05) is 6.54 Å². The number of nitrogens with zero attached hydrogens (tertiary/aromatic N) is 3. The van der Waals surface area contributed by atoms with Crippen molar-refractivity contribution in [1.82, 2.24) is 15.0 Å². The molecule has 6 heteroatoms. The van der Waals surface area contributed by atoms with Gasteiger partial charge in [0.15, 0.2) is 5.82 Å². The molecule has 0 saturated heterocycles. The highest BCUT2D eigenvalue weighted by atomic mass is 16.5. The maximum absolute atomic E-state index is 9.57. The average Bonchev–Trinajstić information content (AvgIpc) is 3.15. The second-order valence-electron chi connectivity index (χ2n) is 5.59. The Kier molecular flexibility index (Phi) is 4.17. The first-order valence-corrected chi connectivity index (χ1v) is 7.24. The van der Waals surface area contributed by atoms with Gasteiger partial charge in [-0.05, 0) is 36.5 Å². The van der Waals surface area contributed by atoms with Gasteiger partial charge in [0.2, 0.25) is 5.89 Å². The molecule has 3 N–H and O–H groups in total. The largest absolute Gasteiger partial charge is 0.508 e. The van der Waals surface area contributed by atoms with Gasteiger partial charge in [-0.1, -0.05) is 17.3 Å². The third-order valence-electron chi connectivity index (χ3n) is 3.58. The summed E-state index contributed by atoms with van der Waals surface area (Å²) in [6.07, 6.45) is 2.58. The SMILES string of the molecule is NCc1nc(CN(Cc2cccc(O)c2)CC2CC2)no1. The molecule has 0 radical (unpaired) electrons. The lowest BCUT2D eigenvalue weighted by atomic mass is 10.2. The molecule has 1 aromatic heterocycles. The van der Waals surface area contributed by atoms with Gasteiger partial charge in [0.25, 0.3) is 0 Å². The molecule has 6 nitrogen and oxygen atoms in total. The topological polar surface area (TPSA) is 88.4 Å². The zero-order chi connectivity index (χ0) is 14.7. The van der Waals surface area contributed by atoms with Crippen LogP contribution in [-0.4, -0.2) is 26.7 Å². The van der Waals surface area contributed by atoms with E-state index in [1.165, 1.54) is 12.8 Å². The summed E-state index contributed by atoms with van der Waals surface area (Å²) in [5.74, 6) is 2.19. The summed E-state index contributed by atoms with van der Waals surface area (Å²) in [5.41, 5.74) is 6.57. The number of phenols is 1. The summed E-state index contributed by atoms with van der Waals surface area (Å²) in [6.45, 7) is 2.68. The van der Waals surface area contributed by atoms with Crippen LogP contribution in [0, 0.1) is 5.92 Å². The maximum atomic E-state index is 9.57. The van der Waals surface area contributed by atoms with Gasteiger partial charge >= 0.3 is 0 Å². The summed E-state index contributed by atoms with van der Waals surface area (Å²) < 4.78 is 5.05. The molecule has 0 unspecified atom stereocenters. The summed E-state index contributed by atoms with van der Waals surface area (Å²) in [7, 11) is 0. The van der Waals surface area contributed by atoms with Crippen LogP contribution in [0.1, 0.15) is 30.1 Å². The van der Waals surface area contributed by atoms with Gasteiger partial charge in [0.05, 0.1) is 13.1 Å². The van der Waals surface area contributed by atoms with Crippen LogP contribution in [0.5, 0.6) is 5.75 Å². The number of hydrogen-bond acceptors (Lipinski definition) is 6. The van der Waals surface area contributed by atoms with Crippen LogP contribution >= 0.6 is 0 Å². The van der Waals surface area contributed by atoms with E-state index in [2.05, 4.69) is 15.0 Å². The van der Waals surface area contributed by atoms with E-state index in [-0.39, 0.29) is 6.54 Å². The van der Waals surface area contributed by atoms with Gasteiger partial charge in [0, 0.05) is 13.1 Å². The molecule has 0 amide bonds. The number of aromatic hydroxyl groups is 1. The van der Waals surface area contributed by atoms with Crippen molar-refractivity contribution in [3.8, 4) is 5.75 Å². The number of rotatable bonds is 7. The molecule has 2 aromatic rings. The normalized spacial score (nSPS) is 14.8. The van der Waals surface area contributed by atoms with Gasteiger partial charge in [-0.2, -0.15) is 4.98 Å². The predicted octanol–water partition coefficient (Wildman–Crippen LogP) is 1.65. The fourth-order valence-electron chi connectivity index (χ4n) is 2.40. The molecule has 0 spiro atoms. The first-order chi connectivity index (χ1) is 10.2. The lowest BCUT2D eigenvalue weighted by Gasteiger charge is -2.20. The molecule has 0 bridgehead atoms. The quantitative estimate of drug-likeness (QED) is 0.805. The first-order valence-electron chi connectivity index (χ1n) is 7.24. The Hall–Kier alpha value is -1.92. The standard InChI is InChI=1S/C15H20N4O2/c16-7-15-17-14(18-21-15)10-19(8-11-4-5-11)9-12-2-1-3-13(20)6-12/h1-3,6,11,20H,4-5,7-10,16H2. The maximum Gasteiger partial charge on any atom is 0.240 e. The smallest absolute Gasteiger partial charge is 0.240 e. The van der Waals surface area contributed by atoms with E-state index in [0.717, 1.165) is 24.6 Å². The fraction of sp³-hybridized carbons (Fsp3) is 0.467. The Morgan fingerprint density at radius 1 is 1.33 bits per heavy atom. The van der Waals surface area contributed by atoms with E-state index in [9.17, 15) is 5.11 Å². The van der Waals surface area contributed by atoms with Crippen molar-refractivity contribution in [3.05, 3.63) is 41.5 Å². The molecule has 21 heavy (non-hydrogen) atoms. The highest BCUT2D eigenvalue weighted by molar-refractivity contribution is 5.27. The van der Waals surface area contributed by atoms with Crippen molar-refractivity contribution >= 4 is 0 Å². The van der Waals surface area contributed by atoms with Crippen LogP contribution in [0.2, 0.25) is 0 Å². The number of phenolic OH excluding ortho intramolecular Hbond substituents is 1. The zero-order valence-electron chi connectivity index (χ0n) is 11.9. The van der Waals surface area contributed by atoms with E-state index in [1.807, 2.05) is 12.1 Å². The van der Waals surface area contributed by atoms with Crippen LogP contribution in [0.15, 0.2) is 28.8 Å². The second-order valence-corrected chi connectivity index (χ2v) is 5.59. The van der Waals surface area contributed by atoms with Gasteiger partial charge < -0.3 is 15.4 Å². The Morgan fingerprint density at radius 3 is 2.86 bits per heavy atom. The third kappa shape index (κ3) is 4.03. The molecule has 1 saturated carbocycles. The minimum absolute atomic E-state index is 0.266. The summed E-state index contributed by atoms with van der Waals surface area (Å²) in [6, 6.07) is 7.35. The monoisotopic (exact) mass is 288 g/mol. The number of aromatic nitrogens is 2. The molecular weight excluding hydrogens is 268 g/mol. The third-order valence-corrected chi connectivity index (χ3v) is 3.58. The Labute approximate surface area is 123 Å². The molecule has 0 aliphatic heterocycles. The van der Waals surface area contributed by atoms with Crippen molar-refractivity contribution in [3.63, 3.8) is 0 Å². The summed E-state index contributed by atoms with van der Waals surface area (Å²) in [4.78, 5) is 6.55. The van der Waals surface area contributed by atoms with E-state index in [1.54, 1.807) is 12.1 Å². The Balaban J connectivity index is 1.67. The number of benzene rings is 1. The molecule has 1 fully saturated rings. The predicted molar refractivity (Wildman–Crippen MR) is 77.1 cm³/mol. The molecule has 0 atom stereocenters. The van der Waals surface area contributed by atoms with Crippen LogP contribution < -0.4 is 5.73 Å². The van der Waals surface area contributed by atoms with E-state index in [4.69, 9.17) is 10.3 Å². The number of hydrogen-bond donors (Lipinski definition) is 2. The van der Waals surface area contributed by atoms with Crippen molar-refractivity contribution in [2.24, 2.45) is 11.7 Å². The fourth-order valence-corrected chi connectivity index (χ4v) is 2.40. The van der Waals surface area contributed by atoms with Crippen LogP contribution in [-0.2, 0) is 19.6 Å². The van der Waals surface area contributed by atoms with Crippen molar-refractivity contribution < 1.29 is 9.63 Å². The van der Waals surface area contributed by atoms with Gasteiger partial charge in [-0.15, -0.1) is 0 Å². The molecule has 1 aromatic carbocycles. The van der Waals surface area contributed by atoms with Crippen LogP contribution in [0.25, 0.3) is 0 Å². The van der Waals surface area contributed by atoms with Gasteiger partial charge in [0.1, 0.15) is 5.75 Å². The molecule has 1 aliphatic carbocycles. The average molecular weight is 288 g/mol. The minimum atomic E-state index is 0.266. The first kappa shape index (κ1) is 14.0. The number of nitrogens with two attached hydrogens (primary N) is 1. The summed E-state index contributed by atoms with van der Waals surface area (Å²) >= 11 is 0. The van der Waals surface area contributed by atoms with E-state index < -0.39 is 0 Å². The van der Waals surface area contributed by atoms with Crippen LogP contribution in [0.4, 0.5) is 0 Å². The minimum Gasteiger partial charge on any atom is -0.508 e. The summed E-state index contributed by atoms with van der Waals surface area (Å²) in [5, 5.41) is 13.5. The van der Waals surface area contributed by atoms with Crippen molar-refractivity contribution in [1.29, 1.82) is 0 Å². The highest BCUT2D eigenvalue weighted by Crippen LogP contribution is 2.30. The van der Waals surface area contributed by atoms with E-state index in [0.29, 0.717) is 24.0 Å². The van der Waals surface area contributed by atoms with E-state index >= 15 is 0 Å². The molecular formula is C15H20N4O2. The molecule has 3 rings (SSSR count).